The lowest BCUT2D eigenvalue weighted by Gasteiger charge is -2.09. The number of nitrogens with one attached hydrogen (secondary N) is 1. The van der Waals surface area contributed by atoms with Crippen LogP contribution in [0.25, 0.3) is 6.08 Å². The van der Waals surface area contributed by atoms with Crippen molar-refractivity contribution in [1.82, 2.24) is 9.97 Å². The lowest BCUT2D eigenvalue weighted by Crippen LogP contribution is -2.08. The number of ether oxygens (including phenoxy) is 3. The fourth-order valence-corrected chi connectivity index (χ4v) is 2.66. The number of hydrogen-bond donors (Lipinski definition) is 1. The SMILES string of the molecule is Cc1cc(Oc2cnccn2)ccc1NC(=O)C=Cc1ccc2c(c1)OCO2. The Labute approximate surface area is 161 Å². The molecule has 0 unspecified atom stereocenters. The van der Waals surface area contributed by atoms with Crippen molar-refractivity contribution in [2.75, 3.05) is 12.1 Å². The summed E-state index contributed by atoms with van der Waals surface area (Å²) in [4.78, 5) is 20.3. The molecule has 4 rings (SSSR count). The lowest BCUT2D eigenvalue weighted by atomic mass is 10.1. The van der Waals surface area contributed by atoms with E-state index >= 15 is 0 Å². The third kappa shape index (κ3) is 4.09. The Hall–Kier alpha value is -3.87. The molecule has 7 nitrogen and oxygen atoms in total. The van der Waals surface area contributed by atoms with Crippen molar-refractivity contribution >= 4 is 17.7 Å². The van der Waals surface area contributed by atoms with Crippen molar-refractivity contribution < 1.29 is 19.0 Å². The van der Waals surface area contributed by atoms with E-state index in [1.807, 2.05) is 31.2 Å². The molecule has 0 saturated carbocycles. The topological polar surface area (TPSA) is 82.6 Å². The molecule has 0 radical (unpaired) electrons. The van der Waals surface area contributed by atoms with Crippen molar-refractivity contribution in [2.24, 2.45) is 0 Å². The van der Waals surface area contributed by atoms with E-state index in [0.29, 0.717) is 28.8 Å². The predicted octanol–water partition coefficient (Wildman–Crippen LogP) is 3.96. The Kier molecular flexibility index (Phi) is 4.88. The molecule has 2 aromatic carbocycles. The van der Waals surface area contributed by atoms with Gasteiger partial charge in [0.1, 0.15) is 5.75 Å². The molecule has 0 fully saturated rings. The number of carbonyl (C=O) groups is 1. The molecule has 2 heterocycles. The highest BCUT2D eigenvalue weighted by atomic mass is 16.7. The Morgan fingerprint density at radius 1 is 1.14 bits per heavy atom. The van der Waals surface area contributed by atoms with Crippen LogP contribution < -0.4 is 19.5 Å². The predicted molar refractivity (Wildman–Crippen MR) is 104 cm³/mol. The average molecular weight is 375 g/mol. The number of benzene rings is 2. The molecular formula is C21H17N3O4. The van der Waals surface area contributed by atoms with Gasteiger partial charge in [0, 0.05) is 24.2 Å². The second kappa shape index (κ2) is 7.79. The molecule has 1 N–H and O–H groups in total. The Bertz CT molecular complexity index is 1040. The van der Waals surface area contributed by atoms with E-state index in [0.717, 1.165) is 11.1 Å². The second-order valence-corrected chi connectivity index (χ2v) is 6.06. The summed E-state index contributed by atoms with van der Waals surface area (Å²) in [7, 11) is 0. The monoisotopic (exact) mass is 375 g/mol. The first-order valence-electron chi connectivity index (χ1n) is 8.60. The molecule has 1 amide bonds. The largest absolute Gasteiger partial charge is 0.454 e. The van der Waals surface area contributed by atoms with Crippen LogP contribution in [0.2, 0.25) is 0 Å². The van der Waals surface area contributed by atoms with Gasteiger partial charge < -0.3 is 19.5 Å². The first-order chi connectivity index (χ1) is 13.7. The number of rotatable bonds is 5. The van der Waals surface area contributed by atoms with Crippen LogP contribution in [0.3, 0.4) is 0 Å². The van der Waals surface area contributed by atoms with Crippen LogP contribution in [0.5, 0.6) is 23.1 Å². The summed E-state index contributed by atoms with van der Waals surface area (Å²) < 4.78 is 16.2. The quantitative estimate of drug-likeness (QED) is 0.680. The number of aromatic nitrogens is 2. The summed E-state index contributed by atoms with van der Waals surface area (Å²) in [6.07, 6.45) is 7.86. The molecule has 1 aromatic heterocycles. The van der Waals surface area contributed by atoms with E-state index in [9.17, 15) is 4.79 Å². The van der Waals surface area contributed by atoms with E-state index < -0.39 is 0 Å². The number of aryl methyl sites for hydroxylation is 1. The molecule has 1 aliphatic rings. The van der Waals surface area contributed by atoms with Gasteiger partial charge in [-0.1, -0.05) is 6.07 Å². The highest BCUT2D eigenvalue weighted by molar-refractivity contribution is 6.02. The van der Waals surface area contributed by atoms with E-state index in [1.54, 1.807) is 30.6 Å². The van der Waals surface area contributed by atoms with E-state index in [1.165, 1.54) is 12.3 Å². The van der Waals surface area contributed by atoms with Gasteiger partial charge in [0.25, 0.3) is 0 Å². The van der Waals surface area contributed by atoms with Crippen LogP contribution in [-0.4, -0.2) is 22.7 Å². The van der Waals surface area contributed by atoms with Crippen LogP contribution in [0.4, 0.5) is 5.69 Å². The zero-order valence-corrected chi connectivity index (χ0v) is 15.1. The lowest BCUT2D eigenvalue weighted by molar-refractivity contribution is -0.111. The number of amides is 1. The average Bonchev–Trinajstić information content (AvgIpc) is 3.17. The van der Waals surface area contributed by atoms with Crippen LogP contribution in [0, 0.1) is 6.92 Å². The summed E-state index contributed by atoms with van der Waals surface area (Å²) >= 11 is 0. The number of fused-ring (bicyclic) bond motifs is 1. The normalized spacial score (nSPS) is 12.2. The minimum atomic E-state index is -0.233. The van der Waals surface area contributed by atoms with Gasteiger partial charge in [-0.05, 0) is 54.5 Å². The third-order valence-electron chi connectivity index (χ3n) is 4.04. The van der Waals surface area contributed by atoms with Gasteiger partial charge in [0.05, 0.1) is 6.20 Å². The summed E-state index contributed by atoms with van der Waals surface area (Å²) in [5.41, 5.74) is 2.42. The number of anilines is 1. The first-order valence-corrected chi connectivity index (χ1v) is 8.60. The number of carbonyl (C=O) groups excluding carboxylic acids is 1. The first kappa shape index (κ1) is 17.5. The van der Waals surface area contributed by atoms with Crippen LogP contribution in [-0.2, 0) is 4.79 Å². The van der Waals surface area contributed by atoms with Crippen molar-refractivity contribution in [3.63, 3.8) is 0 Å². The molecule has 0 bridgehead atoms. The standard InChI is InChI=1S/C21H17N3O4/c1-14-10-16(28-21-12-22-8-9-23-21)4-5-17(14)24-20(25)7-3-15-2-6-18-19(11-15)27-13-26-18/h2-12H,13H2,1H3,(H,24,25). The maximum Gasteiger partial charge on any atom is 0.248 e. The second-order valence-electron chi connectivity index (χ2n) is 6.06. The Morgan fingerprint density at radius 2 is 2.04 bits per heavy atom. The smallest absolute Gasteiger partial charge is 0.248 e. The summed E-state index contributed by atoms with van der Waals surface area (Å²) in [5.74, 6) is 2.18. The zero-order chi connectivity index (χ0) is 19.3. The summed E-state index contributed by atoms with van der Waals surface area (Å²) in [6, 6.07) is 10.9. The number of nitrogens with zero attached hydrogens (tertiary/aromatic N) is 2. The van der Waals surface area contributed by atoms with Crippen LogP contribution >= 0.6 is 0 Å². The van der Waals surface area contributed by atoms with E-state index in [-0.39, 0.29) is 12.7 Å². The molecular weight excluding hydrogens is 358 g/mol. The maximum atomic E-state index is 12.2. The molecule has 0 aliphatic carbocycles. The summed E-state index contributed by atoms with van der Waals surface area (Å²) in [6.45, 7) is 2.11. The number of hydrogen-bond acceptors (Lipinski definition) is 6. The Balaban J connectivity index is 1.40. The molecule has 0 spiro atoms. The Morgan fingerprint density at radius 3 is 2.86 bits per heavy atom. The fourth-order valence-electron chi connectivity index (χ4n) is 2.66. The maximum absolute atomic E-state index is 12.2. The van der Waals surface area contributed by atoms with Crippen molar-refractivity contribution in [3.8, 4) is 23.1 Å². The van der Waals surface area contributed by atoms with Crippen LogP contribution in [0.1, 0.15) is 11.1 Å². The van der Waals surface area contributed by atoms with E-state index in [4.69, 9.17) is 14.2 Å². The molecule has 1 aliphatic heterocycles. The van der Waals surface area contributed by atoms with Gasteiger partial charge in [0.2, 0.25) is 18.6 Å². The zero-order valence-electron chi connectivity index (χ0n) is 15.1. The van der Waals surface area contributed by atoms with E-state index in [2.05, 4.69) is 15.3 Å². The van der Waals surface area contributed by atoms with Gasteiger partial charge in [0.15, 0.2) is 11.5 Å². The highest BCUT2D eigenvalue weighted by Crippen LogP contribution is 2.32. The minimum Gasteiger partial charge on any atom is -0.454 e. The molecule has 7 heteroatoms. The van der Waals surface area contributed by atoms with Crippen molar-refractivity contribution in [3.05, 3.63) is 72.2 Å². The third-order valence-corrected chi connectivity index (χ3v) is 4.04. The van der Waals surface area contributed by atoms with Gasteiger partial charge >= 0.3 is 0 Å². The molecule has 0 saturated heterocycles. The van der Waals surface area contributed by atoms with Gasteiger partial charge in [-0.25, -0.2) is 4.98 Å². The van der Waals surface area contributed by atoms with Gasteiger partial charge in [-0.3, -0.25) is 9.78 Å². The van der Waals surface area contributed by atoms with Crippen molar-refractivity contribution in [2.45, 2.75) is 6.92 Å². The fraction of sp³-hybridized carbons (Fsp3) is 0.0952. The molecule has 28 heavy (non-hydrogen) atoms. The highest BCUT2D eigenvalue weighted by Gasteiger charge is 2.12. The molecule has 0 atom stereocenters. The molecule has 3 aromatic rings. The van der Waals surface area contributed by atoms with Crippen LogP contribution in [0.15, 0.2) is 61.1 Å². The minimum absolute atomic E-state index is 0.221. The van der Waals surface area contributed by atoms with Gasteiger partial charge in [-0.15, -0.1) is 0 Å². The van der Waals surface area contributed by atoms with Crippen molar-refractivity contribution in [1.29, 1.82) is 0 Å². The summed E-state index contributed by atoms with van der Waals surface area (Å²) in [5, 5.41) is 2.86. The van der Waals surface area contributed by atoms with Gasteiger partial charge in [-0.2, -0.15) is 0 Å². The molecule has 140 valence electrons.